The Kier molecular flexibility index (Phi) is 2.66. The zero-order valence-electron chi connectivity index (χ0n) is 8.83. The SMILES string of the molecule is C#CC(C)NC1CCc2cc(O)ccc21. The van der Waals surface area contributed by atoms with E-state index in [2.05, 4.69) is 11.2 Å². The van der Waals surface area contributed by atoms with Gasteiger partial charge in [-0.25, -0.2) is 0 Å². The minimum atomic E-state index is 0.0924. The highest BCUT2D eigenvalue weighted by atomic mass is 16.3. The van der Waals surface area contributed by atoms with Crippen molar-refractivity contribution in [1.82, 2.24) is 5.32 Å². The number of aryl methyl sites for hydroxylation is 1. The summed E-state index contributed by atoms with van der Waals surface area (Å²) in [7, 11) is 0. The second kappa shape index (κ2) is 3.96. The average molecular weight is 201 g/mol. The van der Waals surface area contributed by atoms with E-state index in [0.29, 0.717) is 11.8 Å². The van der Waals surface area contributed by atoms with E-state index in [9.17, 15) is 5.11 Å². The van der Waals surface area contributed by atoms with Crippen molar-refractivity contribution >= 4 is 0 Å². The lowest BCUT2D eigenvalue weighted by atomic mass is 10.1. The number of hydrogen-bond donors (Lipinski definition) is 2. The standard InChI is InChI=1S/C13H15NO/c1-3-9(2)14-13-7-4-10-8-11(15)5-6-12(10)13/h1,5-6,8-9,13-15H,4,7H2,2H3. The third kappa shape index (κ3) is 1.98. The van der Waals surface area contributed by atoms with Gasteiger partial charge in [-0.2, -0.15) is 0 Å². The number of aromatic hydroxyl groups is 1. The Morgan fingerprint density at radius 3 is 3.13 bits per heavy atom. The predicted molar refractivity (Wildman–Crippen MR) is 60.6 cm³/mol. The summed E-state index contributed by atoms with van der Waals surface area (Å²) in [5.74, 6) is 3.02. The molecule has 0 spiro atoms. The summed E-state index contributed by atoms with van der Waals surface area (Å²) in [6.45, 7) is 1.98. The molecule has 78 valence electrons. The molecule has 1 aliphatic rings. The van der Waals surface area contributed by atoms with Crippen LogP contribution in [0.1, 0.15) is 30.5 Å². The van der Waals surface area contributed by atoms with E-state index in [-0.39, 0.29) is 6.04 Å². The first-order chi connectivity index (χ1) is 7.20. The monoisotopic (exact) mass is 201 g/mol. The van der Waals surface area contributed by atoms with E-state index < -0.39 is 0 Å². The summed E-state index contributed by atoms with van der Waals surface area (Å²) in [6.07, 6.45) is 7.41. The van der Waals surface area contributed by atoms with Crippen molar-refractivity contribution in [3.05, 3.63) is 29.3 Å². The molecule has 0 heterocycles. The maximum absolute atomic E-state index is 9.36. The second-order valence-electron chi connectivity index (χ2n) is 4.03. The Morgan fingerprint density at radius 1 is 1.60 bits per heavy atom. The maximum Gasteiger partial charge on any atom is 0.115 e. The fraction of sp³-hybridized carbons (Fsp3) is 0.385. The molecule has 2 unspecified atom stereocenters. The van der Waals surface area contributed by atoms with Crippen molar-refractivity contribution in [3.8, 4) is 18.1 Å². The molecule has 0 aliphatic heterocycles. The Labute approximate surface area is 90.3 Å². The van der Waals surface area contributed by atoms with Gasteiger partial charge in [0, 0.05) is 6.04 Å². The van der Waals surface area contributed by atoms with Gasteiger partial charge in [-0.1, -0.05) is 12.0 Å². The number of fused-ring (bicyclic) bond motifs is 1. The summed E-state index contributed by atoms with van der Waals surface area (Å²) in [4.78, 5) is 0. The van der Waals surface area contributed by atoms with Crippen LogP contribution < -0.4 is 5.32 Å². The molecule has 0 radical (unpaired) electrons. The molecule has 0 saturated heterocycles. The van der Waals surface area contributed by atoms with Crippen LogP contribution in [0.4, 0.5) is 0 Å². The molecular formula is C13H15NO. The van der Waals surface area contributed by atoms with Crippen LogP contribution in [-0.2, 0) is 6.42 Å². The van der Waals surface area contributed by atoms with Crippen molar-refractivity contribution in [2.24, 2.45) is 0 Å². The zero-order valence-corrected chi connectivity index (χ0v) is 8.83. The molecule has 0 aromatic heterocycles. The smallest absolute Gasteiger partial charge is 0.115 e. The zero-order chi connectivity index (χ0) is 10.8. The fourth-order valence-corrected chi connectivity index (χ4v) is 2.13. The minimum Gasteiger partial charge on any atom is -0.508 e. The maximum atomic E-state index is 9.36. The first kappa shape index (κ1) is 10.1. The van der Waals surface area contributed by atoms with Gasteiger partial charge >= 0.3 is 0 Å². The molecule has 1 aliphatic carbocycles. The van der Waals surface area contributed by atoms with Gasteiger partial charge in [0.15, 0.2) is 0 Å². The summed E-state index contributed by atoms with van der Waals surface area (Å²) in [5, 5.41) is 12.7. The van der Waals surface area contributed by atoms with Crippen molar-refractivity contribution in [1.29, 1.82) is 0 Å². The summed E-state index contributed by atoms with van der Waals surface area (Å²) < 4.78 is 0. The topological polar surface area (TPSA) is 32.3 Å². The summed E-state index contributed by atoms with van der Waals surface area (Å²) in [5.41, 5.74) is 2.51. The largest absolute Gasteiger partial charge is 0.508 e. The first-order valence-electron chi connectivity index (χ1n) is 5.24. The fourth-order valence-electron chi connectivity index (χ4n) is 2.13. The van der Waals surface area contributed by atoms with E-state index in [4.69, 9.17) is 6.42 Å². The molecule has 0 amide bonds. The van der Waals surface area contributed by atoms with E-state index in [1.807, 2.05) is 19.1 Å². The van der Waals surface area contributed by atoms with Gasteiger partial charge in [0.2, 0.25) is 0 Å². The lowest BCUT2D eigenvalue weighted by Gasteiger charge is -2.16. The highest BCUT2D eigenvalue weighted by molar-refractivity contribution is 5.40. The Balaban J connectivity index is 2.19. The molecule has 1 aromatic carbocycles. The molecule has 2 atom stereocenters. The number of phenols is 1. The van der Waals surface area contributed by atoms with E-state index in [1.54, 1.807) is 6.07 Å². The normalized spacial score (nSPS) is 20.7. The molecule has 15 heavy (non-hydrogen) atoms. The van der Waals surface area contributed by atoms with Crippen molar-refractivity contribution < 1.29 is 5.11 Å². The molecule has 1 aromatic rings. The van der Waals surface area contributed by atoms with Crippen molar-refractivity contribution in [2.45, 2.75) is 31.8 Å². The predicted octanol–water partition coefficient (Wildman–Crippen LogP) is 1.99. The van der Waals surface area contributed by atoms with Gasteiger partial charge in [0.1, 0.15) is 5.75 Å². The van der Waals surface area contributed by atoms with Gasteiger partial charge < -0.3 is 5.11 Å². The number of phenolic OH excluding ortho intramolecular Hbond substituents is 1. The lowest BCUT2D eigenvalue weighted by molar-refractivity contribution is 0.474. The number of benzene rings is 1. The number of terminal acetylenes is 1. The first-order valence-corrected chi connectivity index (χ1v) is 5.24. The highest BCUT2D eigenvalue weighted by Crippen LogP contribution is 2.33. The van der Waals surface area contributed by atoms with Gasteiger partial charge in [-0.05, 0) is 43.0 Å². The van der Waals surface area contributed by atoms with Gasteiger partial charge in [0.05, 0.1) is 6.04 Å². The van der Waals surface area contributed by atoms with Gasteiger partial charge in [-0.3, -0.25) is 5.32 Å². The second-order valence-corrected chi connectivity index (χ2v) is 4.03. The van der Waals surface area contributed by atoms with Crippen LogP contribution in [0.25, 0.3) is 0 Å². The van der Waals surface area contributed by atoms with Crippen LogP contribution >= 0.6 is 0 Å². The third-order valence-electron chi connectivity index (χ3n) is 2.91. The molecule has 2 heteroatoms. The molecule has 2 N–H and O–H groups in total. The van der Waals surface area contributed by atoms with Crippen molar-refractivity contribution in [2.75, 3.05) is 0 Å². The molecule has 0 fully saturated rings. The number of rotatable bonds is 2. The van der Waals surface area contributed by atoms with E-state index >= 15 is 0 Å². The van der Waals surface area contributed by atoms with E-state index in [0.717, 1.165) is 12.8 Å². The molecule has 0 bridgehead atoms. The number of nitrogens with one attached hydrogen (secondary N) is 1. The summed E-state index contributed by atoms with van der Waals surface area (Å²) in [6, 6.07) is 6.00. The van der Waals surface area contributed by atoms with Crippen LogP contribution in [-0.4, -0.2) is 11.1 Å². The van der Waals surface area contributed by atoms with Crippen LogP contribution in [0.15, 0.2) is 18.2 Å². The molecular weight excluding hydrogens is 186 g/mol. The van der Waals surface area contributed by atoms with Crippen LogP contribution in [0.2, 0.25) is 0 Å². The third-order valence-corrected chi connectivity index (χ3v) is 2.91. The Bertz CT molecular complexity index is 405. The number of hydrogen-bond acceptors (Lipinski definition) is 2. The van der Waals surface area contributed by atoms with Crippen LogP contribution in [0, 0.1) is 12.3 Å². The average Bonchev–Trinajstić information content (AvgIpc) is 2.60. The van der Waals surface area contributed by atoms with Crippen LogP contribution in [0.5, 0.6) is 5.75 Å². The molecule has 0 saturated carbocycles. The Morgan fingerprint density at radius 2 is 2.40 bits per heavy atom. The Hall–Kier alpha value is -1.46. The van der Waals surface area contributed by atoms with E-state index in [1.165, 1.54) is 11.1 Å². The quantitative estimate of drug-likeness (QED) is 0.717. The van der Waals surface area contributed by atoms with Crippen LogP contribution in [0.3, 0.4) is 0 Å². The lowest BCUT2D eigenvalue weighted by Crippen LogP contribution is -2.27. The van der Waals surface area contributed by atoms with Crippen molar-refractivity contribution in [3.63, 3.8) is 0 Å². The van der Waals surface area contributed by atoms with Gasteiger partial charge in [0.25, 0.3) is 0 Å². The minimum absolute atomic E-state index is 0.0924. The molecule has 2 rings (SSSR count). The highest BCUT2D eigenvalue weighted by Gasteiger charge is 2.23. The molecule has 2 nitrogen and oxygen atoms in total. The van der Waals surface area contributed by atoms with Gasteiger partial charge in [-0.15, -0.1) is 6.42 Å². The summed E-state index contributed by atoms with van der Waals surface area (Å²) >= 11 is 0.